The summed E-state index contributed by atoms with van der Waals surface area (Å²) in [4.78, 5) is 138. The van der Waals surface area contributed by atoms with Crippen LogP contribution >= 0.6 is 56.9 Å². The molecule has 0 spiro atoms. The van der Waals surface area contributed by atoms with Crippen LogP contribution in [-0.4, -0.2) is 143 Å². The number of hydrogen-bond donors (Lipinski definition) is 9. The SMILES string of the molecule is CC(C)CCc1sc(CNC(=O)COc2ccc(OC(F)(F)F)cc2)nc1C(N)=O.COc1ccc(OC)c(CCc2sc(CNC(=O)COc3ccc(OC(F)(F)F)cc3)nc2C(N)=O)c1.Cc1onc(-c2ccccc2)c1CNC(=O)c1csc(CNC(=O)COc2ccc(OC(F)(F)F)cc2)n1.NC(=O)c1nc(CNC(=O)CNC(=O)c2ccc([N+](=O)[O-])cc2)sc1CCc1cccc(Cl)c1. The summed E-state index contributed by atoms with van der Waals surface area (Å²) < 4.78 is 153. The van der Waals surface area contributed by atoms with E-state index < -0.39 is 82.8 Å². The second kappa shape index (κ2) is 51.8. The third-order valence-corrected chi connectivity index (χ3v) is 23.0. The fourth-order valence-corrected chi connectivity index (χ4v) is 15.9. The second-order valence-electron chi connectivity index (χ2n) is 29.2. The lowest BCUT2D eigenvalue weighted by molar-refractivity contribution is -0.384. The molecule has 139 heavy (non-hydrogen) atoms. The number of non-ortho nitro benzene ring substituents is 1. The lowest BCUT2D eigenvalue weighted by Crippen LogP contribution is -2.36. The maximum Gasteiger partial charge on any atom is 0.573 e. The molecule has 0 saturated carbocycles. The van der Waals surface area contributed by atoms with Gasteiger partial charge in [-0.05, 0) is 178 Å². The number of ether oxygens (including phenoxy) is 8. The summed E-state index contributed by atoms with van der Waals surface area (Å²) in [5.74, 6) is -2.94. The first-order valence-corrected chi connectivity index (χ1v) is 44.8. The molecule has 0 saturated heterocycles. The lowest BCUT2D eigenvalue weighted by Gasteiger charge is -2.10. The molecule has 0 atom stereocenters. The van der Waals surface area contributed by atoms with Crippen LogP contribution < -0.4 is 87.0 Å². The number of amides is 9. The number of primary amides is 3. The van der Waals surface area contributed by atoms with E-state index in [1.807, 2.05) is 54.6 Å². The van der Waals surface area contributed by atoms with E-state index in [0.717, 1.165) is 69.9 Å². The number of aromatic nitrogens is 5. The summed E-state index contributed by atoms with van der Waals surface area (Å²) >= 11 is 11.1. The molecule has 9 amide bonds. The van der Waals surface area contributed by atoms with Gasteiger partial charge in [-0.25, -0.2) is 19.9 Å². The standard InChI is InChI=1S/C25H21F3N4O5S.C24H24F3N3O6S.C22H20ClN5O5S.C19H22F3N3O4S/c1-15-19(23(32-37-15)16-5-3-2-4-6-16)11-30-24(34)20-14-38-22(31-20)12-29-21(33)13-35-17-7-9-18(10-8-17)36-25(26,27)28;1-33-17-8-9-18(34-2)14(11-17)3-10-19-22(23(28)32)30-21(37-19)12-29-20(31)13-35-15-4-6-16(7-5-15)36-24(25,26)27;23-15-3-1-2-13(10-15)4-9-17-20(21(24)30)27-19(34-17)12-25-18(29)11-26-22(31)14-5-7-16(8-6-14)28(32)33;1-11(2)3-8-14-17(18(23)27)25-16(30-14)9-24-15(26)10-28-12-4-6-13(7-5-12)29-19(20,21)22/h2-10,14H,11-13H2,1H3,(H,29,33)(H,30,34);4-9,11H,3,10,12-13H2,1-2H3,(H2,28,32)(H,29,31);1-3,5-8,10H,4,9,11-12H2,(H2,24,30)(H,25,29)(H,26,31);4-7,11H,3,8-10H2,1-2H3,(H2,23,27)(H,24,26). The van der Waals surface area contributed by atoms with Crippen molar-refractivity contribution in [3.8, 4) is 57.3 Å². The van der Waals surface area contributed by atoms with Crippen LogP contribution in [0.3, 0.4) is 0 Å². The Morgan fingerprint density at radius 2 is 0.914 bits per heavy atom. The van der Waals surface area contributed by atoms with E-state index >= 15 is 0 Å². The van der Waals surface area contributed by atoms with Crippen molar-refractivity contribution in [2.45, 2.75) is 111 Å². The minimum absolute atomic E-state index is 0.0357. The molecular weight excluding hydrogens is 1950 g/mol. The van der Waals surface area contributed by atoms with Crippen molar-refractivity contribution >= 4 is 116 Å². The summed E-state index contributed by atoms with van der Waals surface area (Å²) in [6.45, 7) is 5.01. The minimum atomic E-state index is -4.80. The summed E-state index contributed by atoms with van der Waals surface area (Å²) in [7, 11) is 3.13. The molecule has 35 nitrogen and oxygen atoms in total. The van der Waals surface area contributed by atoms with E-state index in [0.29, 0.717) is 95.8 Å². The Hall–Kier alpha value is -15.0. The van der Waals surface area contributed by atoms with Gasteiger partial charge in [0.2, 0.25) is 5.91 Å². The highest BCUT2D eigenvalue weighted by molar-refractivity contribution is 7.12. The van der Waals surface area contributed by atoms with Crippen LogP contribution in [0, 0.1) is 23.0 Å². The highest BCUT2D eigenvalue weighted by Gasteiger charge is 2.34. The van der Waals surface area contributed by atoms with E-state index in [1.54, 1.807) is 44.7 Å². The molecule has 0 unspecified atom stereocenters. The minimum Gasteiger partial charge on any atom is -0.497 e. The number of alkyl halides is 9. The average Bonchev–Trinajstić information content (AvgIpc) is 1.70. The van der Waals surface area contributed by atoms with Gasteiger partial charge in [-0.1, -0.05) is 73.1 Å². The van der Waals surface area contributed by atoms with Gasteiger partial charge >= 0.3 is 19.1 Å². The molecule has 0 fully saturated rings. The topological polar surface area (TPSA) is 498 Å². The predicted octanol–water partition coefficient (Wildman–Crippen LogP) is 14.3. The van der Waals surface area contributed by atoms with Crippen LogP contribution in [0.1, 0.15) is 130 Å². The number of carbonyl (C=O) groups is 9. The summed E-state index contributed by atoms with van der Waals surface area (Å²) in [6, 6.07) is 41.3. The van der Waals surface area contributed by atoms with Crippen LogP contribution in [-0.2, 0) is 84.0 Å². The Labute approximate surface area is 806 Å². The van der Waals surface area contributed by atoms with Crippen molar-refractivity contribution < 1.29 is 130 Å². The maximum absolute atomic E-state index is 12.6. The third kappa shape index (κ3) is 36.8. The first kappa shape index (κ1) is 108. The van der Waals surface area contributed by atoms with Gasteiger partial charge in [-0.2, -0.15) is 0 Å². The first-order valence-electron chi connectivity index (χ1n) is 41.1. The Morgan fingerprint density at radius 1 is 0.475 bits per heavy atom. The van der Waals surface area contributed by atoms with Gasteiger partial charge in [0, 0.05) is 60.4 Å². The molecule has 0 aliphatic rings. The van der Waals surface area contributed by atoms with Crippen LogP contribution in [0.5, 0.6) is 46.0 Å². The van der Waals surface area contributed by atoms with Gasteiger partial charge in [0.05, 0.1) is 51.9 Å². The Kier molecular flexibility index (Phi) is 40.1. The highest BCUT2D eigenvalue weighted by atomic mass is 35.5. The molecule has 12 aromatic rings. The van der Waals surface area contributed by atoms with Gasteiger partial charge in [0.1, 0.15) is 100 Å². The summed E-state index contributed by atoms with van der Waals surface area (Å²) in [6.07, 6.45) is -10.6. The number of rotatable bonds is 42. The highest BCUT2D eigenvalue weighted by Crippen LogP contribution is 2.33. The monoisotopic (exact) mass is 2030 g/mol. The molecule has 736 valence electrons. The van der Waals surface area contributed by atoms with Crippen molar-refractivity contribution in [3.05, 3.63) is 276 Å². The molecule has 12 rings (SSSR count). The molecule has 0 radical (unpaired) electrons. The zero-order chi connectivity index (χ0) is 101. The Balaban J connectivity index is 0.000000208. The quantitative estimate of drug-likeness (QED) is 0.00974. The number of halogens is 10. The van der Waals surface area contributed by atoms with Crippen molar-refractivity contribution in [3.63, 3.8) is 0 Å². The van der Waals surface area contributed by atoms with Crippen LogP contribution in [0.4, 0.5) is 45.2 Å². The van der Waals surface area contributed by atoms with E-state index in [1.165, 1.54) is 106 Å². The maximum atomic E-state index is 12.6. The summed E-state index contributed by atoms with van der Waals surface area (Å²) in [5, 5.41) is 34.7. The van der Waals surface area contributed by atoms with E-state index in [2.05, 4.69) is 85.1 Å². The van der Waals surface area contributed by atoms with Gasteiger partial charge in [-0.3, -0.25) is 53.3 Å². The molecule has 5 heterocycles. The van der Waals surface area contributed by atoms with Gasteiger partial charge < -0.3 is 91.5 Å². The van der Waals surface area contributed by atoms with Gasteiger partial charge in [0.25, 0.3) is 52.9 Å². The van der Waals surface area contributed by atoms with Crippen LogP contribution in [0.25, 0.3) is 11.3 Å². The number of nitrogens with zero attached hydrogens (tertiary/aromatic N) is 6. The molecule has 0 aliphatic heterocycles. The van der Waals surface area contributed by atoms with E-state index in [4.69, 9.17) is 57.0 Å². The van der Waals surface area contributed by atoms with Crippen LogP contribution in [0.2, 0.25) is 5.02 Å². The number of benzene rings is 7. The largest absolute Gasteiger partial charge is 0.573 e. The molecule has 49 heteroatoms. The fourth-order valence-electron chi connectivity index (χ4n) is 12.0. The number of nitro groups is 1. The lowest BCUT2D eigenvalue weighted by atomic mass is 10.1. The summed E-state index contributed by atoms with van der Waals surface area (Å²) in [5.41, 5.74) is 21.3. The van der Waals surface area contributed by atoms with Crippen molar-refractivity contribution in [1.82, 2.24) is 57.0 Å². The Morgan fingerprint density at radius 3 is 1.35 bits per heavy atom. The number of thiazole rings is 4. The van der Waals surface area contributed by atoms with E-state index in [-0.39, 0.29) is 122 Å². The van der Waals surface area contributed by atoms with Crippen molar-refractivity contribution in [2.24, 2.45) is 23.1 Å². The molecule has 0 aliphatic carbocycles. The molecule has 5 aromatic heterocycles. The average molecular weight is 2030 g/mol. The Bertz CT molecular complexity index is 6190. The molecule has 0 bridgehead atoms. The van der Waals surface area contributed by atoms with Gasteiger partial charge in [-0.15, -0.1) is 84.9 Å². The normalized spacial score (nSPS) is 11.0. The fraction of sp³-hybridized carbons (Fsp3) is 0.267. The van der Waals surface area contributed by atoms with Crippen molar-refractivity contribution in [2.75, 3.05) is 40.6 Å². The van der Waals surface area contributed by atoms with Crippen molar-refractivity contribution in [1.29, 1.82) is 0 Å². The number of methoxy groups -OCH3 is 2. The smallest absolute Gasteiger partial charge is 0.497 e. The second-order valence-corrected chi connectivity index (χ2v) is 34.1. The molecule has 12 N–H and O–H groups in total. The number of carbonyl (C=O) groups excluding carboxylic acids is 9. The number of nitro benzene ring substituents is 1. The molecule has 7 aromatic carbocycles. The number of hydrogen-bond acceptors (Lipinski definition) is 29. The molecular formula is C90H87ClF9N15O20S4. The predicted molar refractivity (Wildman–Crippen MR) is 490 cm³/mol. The van der Waals surface area contributed by atoms with E-state index in [9.17, 15) is 92.8 Å². The van der Waals surface area contributed by atoms with Gasteiger partial charge in [0.15, 0.2) is 19.8 Å². The number of aryl methyl sites for hydroxylation is 6. The zero-order valence-corrected chi connectivity index (χ0v) is 77.9. The number of nitrogens with two attached hydrogens (primary N) is 3. The zero-order valence-electron chi connectivity index (χ0n) is 73.9. The van der Waals surface area contributed by atoms with Crippen LogP contribution in [0.15, 0.2) is 180 Å². The third-order valence-electron chi connectivity index (χ3n) is 18.5. The first-order chi connectivity index (χ1) is 66.0. The number of nitrogens with one attached hydrogen (secondary N) is 6.